The number of carbonyl (C=O) groups is 1. The van der Waals surface area contributed by atoms with Gasteiger partial charge < -0.3 is 15.0 Å². The van der Waals surface area contributed by atoms with E-state index in [-0.39, 0.29) is 6.04 Å². The Morgan fingerprint density at radius 2 is 1.82 bits per heavy atom. The van der Waals surface area contributed by atoms with Crippen LogP contribution < -0.4 is 5.32 Å². The van der Waals surface area contributed by atoms with Crippen molar-refractivity contribution in [2.75, 3.05) is 39.3 Å². The van der Waals surface area contributed by atoms with E-state index >= 15 is 0 Å². The van der Waals surface area contributed by atoms with E-state index < -0.39 is 0 Å². The lowest BCUT2D eigenvalue weighted by Crippen LogP contribution is -2.50. The Bertz CT molecular complexity index is 366. The van der Waals surface area contributed by atoms with E-state index in [1.807, 2.05) is 0 Å². The summed E-state index contributed by atoms with van der Waals surface area (Å²) >= 11 is 0. The van der Waals surface area contributed by atoms with E-state index in [9.17, 15) is 4.79 Å². The molecule has 3 heterocycles. The number of rotatable bonds is 3. The van der Waals surface area contributed by atoms with Crippen molar-refractivity contribution in [1.29, 1.82) is 0 Å². The van der Waals surface area contributed by atoms with E-state index in [4.69, 9.17) is 4.74 Å². The lowest BCUT2D eigenvalue weighted by Gasteiger charge is -2.39. The van der Waals surface area contributed by atoms with Gasteiger partial charge in [0.2, 0.25) is 5.91 Å². The Kier molecular flexibility index (Phi) is 5.37. The molecular formula is C17H31N3O2. The maximum atomic E-state index is 12.4. The number of hydrogen-bond donors (Lipinski definition) is 1. The summed E-state index contributed by atoms with van der Waals surface area (Å²) in [5.74, 6) is 1.07. The van der Waals surface area contributed by atoms with Gasteiger partial charge in [0, 0.05) is 32.7 Å². The maximum Gasteiger partial charge on any atom is 0.239 e. The lowest BCUT2D eigenvalue weighted by molar-refractivity contribution is -0.134. The summed E-state index contributed by atoms with van der Waals surface area (Å²) in [6.45, 7) is 10.5. The summed E-state index contributed by atoms with van der Waals surface area (Å²) < 4.78 is 5.81. The topological polar surface area (TPSA) is 44.8 Å². The van der Waals surface area contributed by atoms with Gasteiger partial charge in [-0.3, -0.25) is 9.69 Å². The van der Waals surface area contributed by atoms with Crippen LogP contribution in [-0.2, 0) is 9.53 Å². The molecule has 0 aromatic heterocycles. The molecular weight excluding hydrogens is 278 g/mol. The van der Waals surface area contributed by atoms with E-state index in [1.165, 1.54) is 6.54 Å². The highest BCUT2D eigenvalue weighted by Gasteiger charge is 2.31. The van der Waals surface area contributed by atoms with Gasteiger partial charge in [-0.1, -0.05) is 0 Å². The Hall–Kier alpha value is -0.650. The Morgan fingerprint density at radius 1 is 1.14 bits per heavy atom. The first-order chi connectivity index (χ1) is 10.6. The minimum Gasteiger partial charge on any atom is -0.373 e. The van der Waals surface area contributed by atoms with Crippen LogP contribution >= 0.6 is 0 Å². The number of likely N-dealkylation sites (tertiary alicyclic amines) is 1. The third-order valence-electron chi connectivity index (χ3n) is 5.30. The van der Waals surface area contributed by atoms with Crippen molar-refractivity contribution in [2.24, 2.45) is 5.92 Å². The quantitative estimate of drug-likeness (QED) is 0.847. The smallest absolute Gasteiger partial charge is 0.239 e. The number of ether oxygens (including phenoxy) is 1. The van der Waals surface area contributed by atoms with Gasteiger partial charge in [0.05, 0.1) is 18.2 Å². The van der Waals surface area contributed by atoms with Crippen LogP contribution in [0.3, 0.4) is 0 Å². The molecule has 1 N–H and O–H groups in total. The second-order valence-corrected chi connectivity index (χ2v) is 7.39. The Balaban J connectivity index is 1.42. The average molecular weight is 309 g/mol. The SMILES string of the molecule is CC1CN(CC2CCN(C(=O)C3CCCN3)CC2)CC(C)O1. The molecule has 3 aliphatic heterocycles. The predicted molar refractivity (Wildman–Crippen MR) is 86.8 cm³/mol. The van der Waals surface area contributed by atoms with E-state index in [2.05, 4.69) is 29.0 Å². The van der Waals surface area contributed by atoms with Crippen molar-refractivity contribution in [1.82, 2.24) is 15.1 Å². The molecule has 3 aliphatic rings. The fraction of sp³-hybridized carbons (Fsp3) is 0.941. The number of nitrogens with one attached hydrogen (secondary N) is 1. The Labute approximate surface area is 134 Å². The highest BCUT2D eigenvalue weighted by atomic mass is 16.5. The number of nitrogens with zero attached hydrogens (tertiary/aromatic N) is 2. The van der Waals surface area contributed by atoms with Crippen LogP contribution in [0.15, 0.2) is 0 Å². The fourth-order valence-electron chi connectivity index (χ4n) is 4.25. The van der Waals surface area contributed by atoms with Crippen LogP contribution in [0.25, 0.3) is 0 Å². The number of morpholine rings is 1. The van der Waals surface area contributed by atoms with Crippen molar-refractivity contribution in [2.45, 2.75) is 57.8 Å². The van der Waals surface area contributed by atoms with Crippen LogP contribution in [0, 0.1) is 5.92 Å². The summed E-state index contributed by atoms with van der Waals surface area (Å²) in [5, 5.41) is 3.33. The predicted octanol–water partition coefficient (Wildman–Crippen LogP) is 1.09. The summed E-state index contributed by atoms with van der Waals surface area (Å²) in [6.07, 6.45) is 5.15. The number of piperidine rings is 1. The van der Waals surface area contributed by atoms with Crippen molar-refractivity contribution in [3.63, 3.8) is 0 Å². The van der Waals surface area contributed by atoms with Crippen LogP contribution in [0.1, 0.15) is 39.5 Å². The molecule has 0 spiro atoms. The summed E-state index contributed by atoms with van der Waals surface area (Å²) in [4.78, 5) is 17.1. The summed E-state index contributed by atoms with van der Waals surface area (Å²) in [7, 11) is 0. The third-order valence-corrected chi connectivity index (χ3v) is 5.30. The number of carbonyl (C=O) groups excluding carboxylic acids is 1. The normalized spacial score (nSPS) is 35.0. The molecule has 126 valence electrons. The van der Waals surface area contributed by atoms with Crippen molar-refractivity contribution < 1.29 is 9.53 Å². The molecule has 0 aromatic rings. The van der Waals surface area contributed by atoms with Crippen molar-refractivity contribution >= 4 is 5.91 Å². The monoisotopic (exact) mass is 309 g/mol. The molecule has 22 heavy (non-hydrogen) atoms. The zero-order valence-electron chi connectivity index (χ0n) is 14.1. The molecule has 0 aromatic carbocycles. The fourth-order valence-corrected chi connectivity index (χ4v) is 4.25. The molecule has 1 amide bonds. The molecule has 3 atom stereocenters. The highest BCUT2D eigenvalue weighted by Crippen LogP contribution is 2.22. The molecule has 0 bridgehead atoms. The highest BCUT2D eigenvalue weighted by molar-refractivity contribution is 5.82. The largest absolute Gasteiger partial charge is 0.373 e. The maximum absolute atomic E-state index is 12.4. The van der Waals surface area contributed by atoms with E-state index in [0.29, 0.717) is 18.1 Å². The lowest BCUT2D eigenvalue weighted by atomic mass is 9.95. The van der Waals surface area contributed by atoms with Gasteiger partial charge in [0.15, 0.2) is 0 Å². The second-order valence-electron chi connectivity index (χ2n) is 7.39. The molecule has 3 fully saturated rings. The van der Waals surface area contributed by atoms with Crippen molar-refractivity contribution in [3.05, 3.63) is 0 Å². The zero-order chi connectivity index (χ0) is 15.5. The molecule has 0 saturated carbocycles. The number of amides is 1. The van der Waals surface area contributed by atoms with Gasteiger partial charge in [-0.25, -0.2) is 0 Å². The van der Waals surface area contributed by atoms with Crippen molar-refractivity contribution in [3.8, 4) is 0 Å². The van der Waals surface area contributed by atoms with Gasteiger partial charge in [-0.2, -0.15) is 0 Å². The van der Waals surface area contributed by atoms with E-state index in [1.54, 1.807) is 0 Å². The van der Waals surface area contributed by atoms with E-state index in [0.717, 1.165) is 64.3 Å². The molecule has 0 aliphatic carbocycles. The molecule has 5 heteroatoms. The minimum absolute atomic E-state index is 0.0949. The molecule has 3 unspecified atom stereocenters. The van der Waals surface area contributed by atoms with Crippen LogP contribution in [0.4, 0.5) is 0 Å². The first-order valence-corrected chi connectivity index (χ1v) is 9.02. The van der Waals surface area contributed by atoms with Gasteiger partial charge >= 0.3 is 0 Å². The Morgan fingerprint density at radius 3 is 2.41 bits per heavy atom. The molecule has 3 saturated heterocycles. The molecule has 5 nitrogen and oxygen atoms in total. The second kappa shape index (κ2) is 7.28. The molecule has 0 radical (unpaired) electrons. The summed E-state index contributed by atoms with van der Waals surface area (Å²) in [6, 6.07) is 0.0949. The average Bonchev–Trinajstić information content (AvgIpc) is 3.00. The van der Waals surface area contributed by atoms with Gasteiger partial charge in [0.25, 0.3) is 0 Å². The standard InChI is InChI=1S/C17H31N3O2/c1-13-10-19(11-14(2)22-13)12-15-5-8-20(9-6-15)17(21)16-4-3-7-18-16/h13-16,18H,3-12H2,1-2H3. The first-order valence-electron chi connectivity index (χ1n) is 9.02. The first kappa shape index (κ1) is 16.2. The van der Waals surface area contributed by atoms with Gasteiger partial charge in [0.1, 0.15) is 0 Å². The number of hydrogen-bond acceptors (Lipinski definition) is 4. The molecule has 3 rings (SSSR count). The van der Waals surface area contributed by atoms with Crippen LogP contribution in [0.2, 0.25) is 0 Å². The van der Waals surface area contributed by atoms with Crippen LogP contribution in [-0.4, -0.2) is 73.2 Å². The third kappa shape index (κ3) is 4.00. The summed E-state index contributed by atoms with van der Waals surface area (Å²) in [5.41, 5.74) is 0. The zero-order valence-corrected chi connectivity index (χ0v) is 14.1. The van der Waals surface area contributed by atoms with Gasteiger partial charge in [-0.05, 0) is 52.0 Å². The minimum atomic E-state index is 0.0949. The van der Waals surface area contributed by atoms with Crippen LogP contribution in [0.5, 0.6) is 0 Å². The van der Waals surface area contributed by atoms with Gasteiger partial charge in [-0.15, -0.1) is 0 Å².